The van der Waals surface area contributed by atoms with Gasteiger partial charge in [-0.2, -0.15) is 0 Å². The van der Waals surface area contributed by atoms with Crippen molar-refractivity contribution in [3.63, 3.8) is 0 Å². The summed E-state index contributed by atoms with van der Waals surface area (Å²) in [5, 5.41) is 0.536. The summed E-state index contributed by atoms with van der Waals surface area (Å²) in [4.78, 5) is 18.4. The van der Waals surface area contributed by atoms with Gasteiger partial charge in [-0.1, -0.05) is 6.07 Å². The molecule has 0 N–H and O–H groups in total. The minimum atomic E-state index is -1.24. The van der Waals surface area contributed by atoms with Crippen molar-refractivity contribution >= 4 is 32.8 Å². The first-order valence-electron chi connectivity index (χ1n) is 7.77. The highest BCUT2D eigenvalue weighted by Crippen LogP contribution is 2.22. The maximum absolute atomic E-state index is 12.6. The van der Waals surface area contributed by atoms with Gasteiger partial charge in [0.05, 0.1) is 16.6 Å². The van der Waals surface area contributed by atoms with Crippen LogP contribution in [-0.4, -0.2) is 44.1 Å². The number of nitrogens with zero attached hydrogens (tertiary/aromatic N) is 2. The van der Waals surface area contributed by atoms with Crippen LogP contribution in [0.2, 0.25) is 0 Å². The van der Waals surface area contributed by atoms with Crippen LogP contribution in [-0.2, 0) is 15.5 Å². The van der Waals surface area contributed by atoms with Crippen LogP contribution < -0.4 is 0 Å². The lowest BCUT2D eigenvalue weighted by Crippen LogP contribution is -2.48. The van der Waals surface area contributed by atoms with E-state index in [1.807, 2.05) is 26.8 Å². The lowest BCUT2D eigenvalue weighted by molar-refractivity contribution is 0.0125. The van der Waals surface area contributed by atoms with E-state index in [0.29, 0.717) is 21.9 Å². The van der Waals surface area contributed by atoms with Gasteiger partial charge in [0.25, 0.3) is 0 Å². The quantitative estimate of drug-likeness (QED) is 0.722. The molecule has 1 aliphatic heterocycles. The molecular formula is C16H23BrN2O3S. The highest BCUT2D eigenvalue weighted by atomic mass is 79.9. The van der Waals surface area contributed by atoms with Gasteiger partial charge in [0.2, 0.25) is 0 Å². The lowest BCUT2D eigenvalue weighted by Gasteiger charge is -2.36. The summed E-state index contributed by atoms with van der Waals surface area (Å²) in [7, 11) is -1.24. The van der Waals surface area contributed by atoms with Crippen molar-refractivity contribution in [1.82, 2.24) is 9.88 Å². The van der Waals surface area contributed by atoms with E-state index in [1.165, 1.54) is 0 Å². The summed E-state index contributed by atoms with van der Waals surface area (Å²) >= 11 is 3.29. The van der Waals surface area contributed by atoms with E-state index in [-0.39, 0.29) is 12.1 Å². The van der Waals surface area contributed by atoms with Crippen LogP contribution in [0.25, 0.3) is 0 Å². The molecule has 128 valence electrons. The lowest BCUT2D eigenvalue weighted by atomic mass is 10.0. The number of aromatic nitrogens is 1. The molecule has 1 fully saturated rings. The highest BCUT2D eigenvalue weighted by molar-refractivity contribution is 9.10. The summed E-state index contributed by atoms with van der Waals surface area (Å²) in [5.41, 5.74) is -0.524. The summed E-state index contributed by atoms with van der Waals surface area (Å²) in [6.45, 7) is 6.22. The molecule has 0 saturated carbocycles. The smallest absolute Gasteiger partial charge is 0.410 e. The third-order valence-corrected chi connectivity index (χ3v) is 5.34. The molecule has 1 saturated heterocycles. The number of rotatable bonds is 3. The molecule has 1 aromatic rings. The predicted molar refractivity (Wildman–Crippen MR) is 93.8 cm³/mol. The monoisotopic (exact) mass is 402 g/mol. The van der Waals surface area contributed by atoms with E-state index in [2.05, 4.69) is 20.9 Å². The number of amides is 1. The Morgan fingerprint density at radius 2 is 2.17 bits per heavy atom. The Bertz CT molecular complexity index is 589. The van der Waals surface area contributed by atoms with Gasteiger partial charge in [0.1, 0.15) is 15.2 Å². The average molecular weight is 403 g/mol. The Morgan fingerprint density at radius 1 is 1.43 bits per heavy atom. The van der Waals surface area contributed by atoms with E-state index in [4.69, 9.17) is 4.74 Å². The van der Waals surface area contributed by atoms with Crippen LogP contribution in [0.3, 0.4) is 0 Å². The fourth-order valence-corrected chi connectivity index (χ4v) is 4.27. The highest BCUT2D eigenvalue weighted by Gasteiger charge is 2.31. The third-order valence-electron chi connectivity index (χ3n) is 3.52. The number of likely N-dealkylation sites (tertiary alicyclic amines) is 1. The standard InChI is InChI=1S/C16H23BrN2O3S/c1-16(2,3)22-15(20)19-10-5-4-7-12(19)11-23(21)14-9-6-8-13(17)18-14/h6,8-9,12H,4-5,7,10-11H2,1-3H3/t12-,23-/m0/s1. The number of piperidine rings is 1. The molecule has 0 radical (unpaired) electrons. The first kappa shape index (κ1) is 18.4. The number of carbonyl (C=O) groups is 1. The first-order valence-corrected chi connectivity index (χ1v) is 9.88. The second-order valence-electron chi connectivity index (χ2n) is 6.63. The molecule has 2 rings (SSSR count). The number of carbonyl (C=O) groups excluding carboxylic acids is 1. The molecule has 2 heterocycles. The second-order valence-corrected chi connectivity index (χ2v) is 8.89. The zero-order valence-electron chi connectivity index (χ0n) is 13.8. The van der Waals surface area contributed by atoms with E-state index in [9.17, 15) is 9.00 Å². The third kappa shape index (κ3) is 5.57. The van der Waals surface area contributed by atoms with Crippen molar-refractivity contribution in [2.75, 3.05) is 12.3 Å². The van der Waals surface area contributed by atoms with Crippen LogP contribution in [0, 0.1) is 0 Å². The summed E-state index contributed by atoms with van der Waals surface area (Å²) in [6.07, 6.45) is 2.52. The van der Waals surface area contributed by atoms with Crippen LogP contribution in [0.15, 0.2) is 27.8 Å². The van der Waals surface area contributed by atoms with Crippen molar-refractivity contribution in [2.24, 2.45) is 0 Å². The van der Waals surface area contributed by atoms with Gasteiger partial charge in [0, 0.05) is 12.6 Å². The van der Waals surface area contributed by atoms with Crippen molar-refractivity contribution in [3.8, 4) is 0 Å². The Labute approximate surface area is 148 Å². The molecule has 7 heteroatoms. The minimum Gasteiger partial charge on any atom is -0.444 e. The summed E-state index contributed by atoms with van der Waals surface area (Å²) < 4.78 is 18.7. The molecule has 0 unspecified atom stereocenters. The molecule has 2 atom stereocenters. The number of halogens is 1. The van der Waals surface area contributed by atoms with Gasteiger partial charge < -0.3 is 9.64 Å². The van der Waals surface area contributed by atoms with Gasteiger partial charge in [-0.3, -0.25) is 4.21 Å². The fraction of sp³-hybridized carbons (Fsp3) is 0.625. The van der Waals surface area contributed by atoms with Crippen LogP contribution in [0.5, 0.6) is 0 Å². The normalized spacial score (nSPS) is 20.2. The van der Waals surface area contributed by atoms with Crippen molar-refractivity contribution in [3.05, 3.63) is 22.8 Å². The molecule has 1 aromatic heterocycles. The number of pyridine rings is 1. The van der Waals surface area contributed by atoms with Gasteiger partial charge in [0.15, 0.2) is 0 Å². The van der Waals surface area contributed by atoms with E-state index >= 15 is 0 Å². The Kier molecular flexibility index (Phi) is 6.19. The predicted octanol–water partition coefficient (Wildman–Crippen LogP) is 3.74. The Hall–Kier alpha value is -0.950. The molecule has 23 heavy (non-hydrogen) atoms. The second kappa shape index (κ2) is 7.75. The van der Waals surface area contributed by atoms with Crippen molar-refractivity contribution in [2.45, 2.75) is 56.7 Å². The fourth-order valence-electron chi connectivity index (χ4n) is 2.51. The van der Waals surface area contributed by atoms with E-state index < -0.39 is 16.4 Å². The molecular weight excluding hydrogens is 380 g/mol. The van der Waals surface area contributed by atoms with Gasteiger partial charge in [-0.25, -0.2) is 9.78 Å². The van der Waals surface area contributed by atoms with Crippen molar-refractivity contribution in [1.29, 1.82) is 0 Å². The topological polar surface area (TPSA) is 59.5 Å². The van der Waals surface area contributed by atoms with Gasteiger partial charge in [-0.05, 0) is 68.1 Å². The SMILES string of the molecule is CC(C)(C)OC(=O)N1CCCC[C@H]1C[S@](=O)c1cccc(Br)n1. The minimum absolute atomic E-state index is 0.0692. The molecule has 0 aliphatic carbocycles. The zero-order valence-corrected chi connectivity index (χ0v) is 16.2. The molecule has 1 aliphatic rings. The summed E-state index contributed by atoms with van der Waals surface area (Å²) in [6, 6.07) is 5.30. The maximum atomic E-state index is 12.6. The van der Waals surface area contributed by atoms with Gasteiger partial charge >= 0.3 is 6.09 Å². The van der Waals surface area contributed by atoms with Crippen LogP contribution in [0.1, 0.15) is 40.0 Å². The van der Waals surface area contributed by atoms with Crippen LogP contribution in [0.4, 0.5) is 4.79 Å². The molecule has 0 aromatic carbocycles. The van der Waals surface area contributed by atoms with E-state index in [1.54, 1.807) is 17.0 Å². The largest absolute Gasteiger partial charge is 0.444 e. The van der Waals surface area contributed by atoms with Crippen LogP contribution >= 0.6 is 15.9 Å². The summed E-state index contributed by atoms with van der Waals surface area (Å²) in [5.74, 6) is 0.392. The molecule has 1 amide bonds. The van der Waals surface area contributed by atoms with E-state index in [0.717, 1.165) is 19.3 Å². The zero-order chi connectivity index (χ0) is 17.0. The Morgan fingerprint density at radius 3 is 2.83 bits per heavy atom. The maximum Gasteiger partial charge on any atom is 0.410 e. The Balaban J connectivity index is 2.06. The molecule has 0 bridgehead atoms. The number of hydrogen-bond donors (Lipinski definition) is 0. The van der Waals surface area contributed by atoms with Crippen molar-refractivity contribution < 1.29 is 13.7 Å². The number of hydrogen-bond acceptors (Lipinski definition) is 4. The van der Waals surface area contributed by atoms with Gasteiger partial charge in [-0.15, -0.1) is 0 Å². The average Bonchev–Trinajstić information content (AvgIpc) is 2.46. The first-order chi connectivity index (χ1) is 10.8. The molecule has 0 spiro atoms. The molecule has 5 nitrogen and oxygen atoms in total. The number of ether oxygens (including phenoxy) is 1.